The van der Waals surface area contributed by atoms with Gasteiger partial charge in [0, 0.05) is 35.9 Å². The number of nitrogens with zero attached hydrogens (tertiary/aromatic N) is 2. The van der Waals surface area contributed by atoms with Gasteiger partial charge in [0.05, 0.1) is 0 Å². The lowest BCUT2D eigenvalue weighted by Crippen LogP contribution is -2.21. The van der Waals surface area contributed by atoms with E-state index in [0.29, 0.717) is 0 Å². The van der Waals surface area contributed by atoms with Crippen molar-refractivity contribution >= 4 is 15.9 Å². The molecule has 0 aliphatic rings. The van der Waals surface area contributed by atoms with Crippen LogP contribution in [-0.2, 0) is 13.0 Å². The van der Waals surface area contributed by atoms with Crippen LogP contribution in [0.25, 0.3) is 0 Å². The van der Waals surface area contributed by atoms with E-state index in [2.05, 4.69) is 37.7 Å². The molecule has 0 aliphatic carbocycles. The molecule has 0 aliphatic heterocycles. The summed E-state index contributed by atoms with van der Waals surface area (Å²) in [6.45, 7) is 2.97. The van der Waals surface area contributed by atoms with E-state index in [1.807, 2.05) is 13.2 Å². The first kappa shape index (κ1) is 14.2. The zero-order valence-corrected chi connectivity index (χ0v) is 12.6. The number of aromatic nitrogens is 2. The Bertz CT molecular complexity index is 553. The number of hydrogen-bond donors (Lipinski definition) is 1. The summed E-state index contributed by atoms with van der Waals surface area (Å²) in [6.07, 6.45) is 4.48. The van der Waals surface area contributed by atoms with Crippen LogP contribution in [0.4, 0.5) is 4.39 Å². The smallest absolute Gasteiger partial charge is 0.123 e. The van der Waals surface area contributed by atoms with E-state index in [4.69, 9.17) is 0 Å². The Morgan fingerprint density at radius 1 is 1.47 bits per heavy atom. The first-order valence-electron chi connectivity index (χ1n) is 6.28. The fourth-order valence-electron chi connectivity index (χ4n) is 2.15. The Morgan fingerprint density at radius 2 is 2.26 bits per heavy atom. The van der Waals surface area contributed by atoms with Crippen molar-refractivity contribution in [2.24, 2.45) is 0 Å². The summed E-state index contributed by atoms with van der Waals surface area (Å²) in [6, 6.07) is 4.77. The van der Waals surface area contributed by atoms with Crippen LogP contribution < -0.4 is 5.32 Å². The molecule has 3 nitrogen and oxygen atoms in total. The van der Waals surface area contributed by atoms with E-state index >= 15 is 0 Å². The van der Waals surface area contributed by atoms with Gasteiger partial charge in [-0.1, -0.05) is 15.9 Å². The second kappa shape index (κ2) is 6.30. The van der Waals surface area contributed by atoms with E-state index in [0.717, 1.165) is 28.8 Å². The van der Waals surface area contributed by atoms with Crippen molar-refractivity contribution in [1.82, 2.24) is 14.9 Å². The predicted octanol–water partition coefficient (Wildman–Crippen LogP) is 3.31. The molecule has 1 unspecified atom stereocenters. The summed E-state index contributed by atoms with van der Waals surface area (Å²) in [5.74, 6) is 0.773. The number of benzene rings is 1. The highest BCUT2D eigenvalue weighted by Gasteiger charge is 2.16. The molecule has 1 heterocycles. The molecule has 1 N–H and O–H groups in total. The highest BCUT2D eigenvalue weighted by molar-refractivity contribution is 9.10. The minimum absolute atomic E-state index is 0.0257. The van der Waals surface area contributed by atoms with Gasteiger partial charge >= 0.3 is 0 Å². The average molecular weight is 326 g/mol. The van der Waals surface area contributed by atoms with E-state index in [9.17, 15) is 4.39 Å². The van der Waals surface area contributed by atoms with Crippen LogP contribution in [0.5, 0.6) is 0 Å². The fraction of sp³-hybridized carbons (Fsp3) is 0.357. The van der Waals surface area contributed by atoms with Crippen molar-refractivity contribution < 1.29 is 4.39 Å². The highest BCUT2D eigenvalue weighted by atomic mass is 79.9. The molecule has 2 aromatic rings. The van der Waals surface area contributed by atoms with Crippen molar-refractivity contribution in [3.05, 3.63) is 52.3 Å². The van der Waals surface area contributed by atoms with Crippen molar-refractivity contribution in [2.45, 2.75) is 25.9 Å². The van der Waals surface area contributed by atoms with Gasteiger partial charge in [0.2, 0.25) is 0 Å². The van der Waals surface area contributed by atoms with Crippen LogP contribution in [-0.4, -0.2) is 16.6 Å². The van der Waals surface area contributed by atoms with Crippen molar-refractivity contribution in [2.75, 3.05) is 7.05 Å². The molecule has 19 heavy (non-hydrogen) atoms. The topological polar surface area (TPSA) is 29.9 Å². The first-order valence-corrected chi connectivity index (χ1v) is 7.07. The normalized spacial score (nSPS) is 12.6. The molecular weight excluding hydrogens is 309 g/mol. The number of hydrogen-bond acceptors (Lipinski definition) is 2. The lowest BCUT2D eigenvalue weighted by molar-refractivity contribution is 0.544. The van der Waals surface area contributed by atoms with Gasteiger partial charge in [0.15, 0.2) is 0 Å². The van der Waals surface area contributed by atoms with Crippen LogP contribution >= 0.6 is 15.9 Å². The lowest BCUT2D eigenvalue weighted by Gasteiger charge is -2.18. The van der Waals surface area contributed by atoms with E-state index in [1.54, 1.807) is 18.3 Å². The average Bonchev–Trinajstić information content (AvgIpc) is 2.86. The minimum atomic E-state index is -0.225. The molecule has 2 rings (SSSR count). The zero-order chi connectivity index (χ0) is 13.8. The fourth-order valence-corrected chi connectivity index (χ4v) is 2.67. The molecule has 5 heteroatoms. The largest absolute Gasteiger partial charge is 0.335 e. The summed E-state index contributed by atoms with van der Waals surface area (Å²) in [7, 11) is 1.88. The van der Waals surface area contributed by atoms with Gasteiger partial charge in [-0.05, 0) is 37.7 Å². The molecule has 0 radical (unpaired) electrons. The third-order valence-corrected chi connectivity index (χ3v) is 3.93. The van der Waals surface area contributed by atoms with E-state index < -0.39 is 0 Å². The molecule has 0 spiro atoms. The molecule has 102 valence electrons. The number of halogens is 2. The highest BCUT2D eigenvalue weighted by Crippen LogP contribution is 2.26. The van der Waals surface area contributed by atoms with Gasteiger partial charge < -0.3 is 9.88 Å². The van der Waals surface area contributed by atoms with Gasteiger partial charge in [0.1, 0.15) is 11.6 Å². The second-order valence-corrected chi connectivity index (χ2v) is 5.20. The Hall–Kier alpha value is -1.20. The molecule has 1 aromatic carbocycles. The summed E-state index contributed by atoms with van der Waals surface area (Å²) in [5.41, 5.74) is 0.910. The van der Waals surface area contributed by atoms with Crippen LogP contribution in [0, 0.1) is 5.82 Å². The lowest BCUT2D eigenvalue weighted by atomic mass is 10.0. The SMILES string of the molecule is CCn1ccnc1CC(NC)c1cc(F)ccc1Br. The molecule has 0 bridgehead atoms. The van der Waals surface area contributed by atoms with Crippen LogP contribution in [0.2, 0.25) is 0 Å². The van der Waals surface area contributed by atoms with Crippen molar-refractivity contribution in [3.8, 4) is 0 Å². The number of nitrogens with one attached hydrogen (secondary N) is 1. The first-order chi connectivity index (χ1) is 9.15. The molecular formula is C14H17BrFN3. The summed E-state index contributed by atoms with van der Waals surface area (Å²) in [5, 5.41) is 3.23. The summed E-state index contributed by atoms with van der Waals surface area (Å²) < 4.78 is 16.4. The zero-order valence-electron chi connectivity index (χ0n) is 11.0. The summed E-state index contributed by atoms with van der Waals surface area (Å²) in [4.78, 5) is 4.37. The number of rotatable bonds is 5. The van der Waals surface area contributed by atoms with Crippen LogP contribution in [0.15, 0.2) is 35.1 Å². The number of imidazole rings is 1. The number of aryl methyl sites for hydroxylation is 1. The van der Waals surface area contributed by atoms with E-state index in [1.165, 1.54) is 6.07 Å². The Morgan fingerprint density at radius 3 is 2.95 bits per heavy atom. The summed E-state index contributed by atoms with van der Waals surface area (Å²) >= 11 is 3.48. The Balaban J connectivity index is 2.27. The van der Waals surface area contributed by atoms with Gasteiger partial charge in [-0.15, -0.1) is 0 Å². The second-order valence-electron chi connectivity index (χ2n) is 4.34. The molecule has 0 saturated heterocycles. The van der Waals surface area contributed by atoms with Crippen molar-refractivity contribution in [3.63, 3.8) is 0 Å². The predicted molar refractivity (Wildman–Crippen MR) is 77.5 cm³/mol. The quantitative estimate of drug-likeness (QED) is 0.914. The standard InChI is InChI=1S/C14H17BrFN3/c1-3-19-7-6-18-14(19)9-13(17-2)11-8-10(16)4-5-12(11)15/h4-8,13,17H,3,9H2,1-2H3. The monoisotopic (exact) mass is 325 g/mol. The van der Waals surface area contributed by atoms with Crippen LogP contribution in [0.1, 0.15) is 24.4 Å². The van der Waals surface area contributed by atoms with Crippen LogP contribution in [0.3, 0.4) is 0 Å². The molecule has 0 fully saturated rings. The molecule has 1 atom stereocenters. The third kappa shape index (κ3) is 3.22. The maximum absolute atomic E-state index is 13.4. The van der Waals surface area contributed by atoms with Gasteiger partial charge in [-0.2, -0.15) is 0 Å². The molecule has 0 saturated carbocycles. The Labute approximate surface area is 121 Å². The third-order valence-electron chi connectivity index (χ3n) is 3.21. The van der Waals surface area contributed by atoms with Crippen molar-refractivity contribution in [1.29, 1.82) is 0 Å². The molecule has 0 amide bonds. The van der Waals surface area contributed by atoms with Gasteiger partial charge in [-0.3, -0.25) is 0 Å². The minimum Gasteiger partial charge on any atom is -0.335 e. The molecule has 1 aromatic heterocycles. The van der Waals surface area contributed by atoms with Gasteiger partial charge in [0.25, 0.3) is 0 Å². The Kier molecular flexibility index (Phi) is 4.71. The maximum atomic E-state index is 13.4. The van der Waals surface area contributed by atoms with E-state index in [-0.39, 0.29) is 11.9 Å². The number of likely N-dealkylation sites (N-methyl/N-ethyl adjacent to an activating group) is 1. The van der Waals surface area contributed by atoms with Gasteiger partial charge in [-0.25, -0.2) is 9.37 Å². The maximum Gasteiger partial charge on any atom is 0.123 e.